The normalized spacial score (nSPS) is 9.71. The number of nitrogens with one attached hydrogen (secondary N) is 2. The molecule has 1 aromatic rings. The van der Waals surface area contributed by atoms with E-state index in [0.29, 0.717) is 6.61 Å². The summed E-state index contributed by atoms with van der Waals surface area (Å²) < 4.78 is 4.69. The zero-order valence-electron chi connectivity index (χ0n) is 9.49. The van der Waals surface area contributed by atoms with Crippen molar-refractivity contribution in [2.45, 2.75) is 13.3 Å². The summed E-state index contributed by atoms with van der Waals surface area (Å²) in [6.07, 6.45) is 1.53. The summed E-state index contributed by atoms with van der Waals surface area (Å²) in [5.74, 6) is -0.883. The first-order valence-corrected chi connectivity index (χ1v) is 5.26. The number of ether oxygens (including phenoxy) is 1. The summed E-state index contributed by atoms with van der Waals surface area (Å²) in [6, 6.07) is 2.97. The van der Waals surface area contributed by atoms with Gasteiger partial charge in [-0.2, -0.15) is 0 Å². The third kappa shape index (κ3) is 4.10. The molecule has 6 nitrogen and oxygen atoms in total. The number of aromatic amines is 1. The van der Waals surface area contributed by atoms with Crippen LogP contribution in [0.1, 0.15) is 23.7 Å². The van der Waals surface area contributed by atoms with E-state index >= 15 is 0 Å². The topological polar surface area (TPSA) is 88.3 Å². The van der Waals surface area contributed by atoms with Crippen LogP contribution in [0.3, 0.4) is 0 Å². The SMILES string of the molecule is CCOC(=O)CCNC(=O)c1ccc[nH]c1=O. The van der Waals surface area contributed by atoms with Gasteiger partial charge in [-0.1, -0.05) is 0 Å². The van der Waals surface area contributed by atoms with Gasteiger partial charge >= 0.3 is 5.97 Å². The molecular formula is C11H14N2O4. The number of amides is 1. The van der Waals surface area contributed by atoms with Crippen LogP contribution in [0.5, 0.6) is 0 Å². The Hall–Kier alpha value is -2.11. The smallest absolute Gasteiger partial charge is 0.307 e. The van der Waals surface area contributed by atoms with Gasteiger partial charge in [-0.3, -0.25) is 14.4 Å². The lowest BCUT2D eigenvalue weighted by Gasteiger charge is -2.04. The summed E-state index contributed by atoms with van der Waals surface area (Å²) in [4.78, 5) is 36.2. The van der Waals surface area contributed by atoms with Gasteiger partial charge in [0, 0.05) is 12.7 Å². The van der Waals surface area contributed by atoms with Gasteiger partial charge in [0.15, 0.2) is 0 Å². The molecule has 1 aromatic heterocycles. The molecule has 0 unspecified atom stereocenters. The monoisotopic (exact) mass is 238 g/mol. The Morgan fingerprint density at radius 2 is 2.24 bits per heavy atom. The maximum Gasteiger partial charge on any atom is 0.307 e. The largest absolute Gasteiger partial charge is 0.466 e. The molecular weight excluding hydrogens is 224 g/mol. The summed E-state index contributed by atoms with van der Waals surface area (Å²) in [7, 11) is 0. The predicted molar refractivity (Wildman–Crippen MR) is 60.6 cm³/mol. The minimum absolute atomic E-state index is 0.0244. The van der Waals surface area contributed by atoms with Gasteiger partial charge in [0.25, 0.3) is 11.5 Å². The molecule has 0 bridgehead atoms. The molecule has 1 heterocycles. The molecule has 0 aliphatic heterocycles. The lowest BCUT2D eigenvalue weighted by molar-refractivity contribution is -0.142. The fourth-order valence-corrected chi connectivity index (χ4v) is 1.21. The summed E-state index contributed by atoms with van der Waals surface area (Å²) in [6.45, 7) is 2.16. The lowest BCUT2D eigenvalue weighted by atomic mass is 10.2. The summed E-state index contributed by atoms with van der Waals surface area (Å²) in [5, 5.41) is 2.47. The molecule has 2 N–H and O–H groups in total. The number of carbonyl (C=O) groups is 2. The van der Waals surface area contributed by atoms with Crippen LogP contribution in [0.25, 0.3) is 0 Å². The quantitative estimate of drug-likeness (QED) is 0.710. The van der Waals surface area contributed by atoms with Crippen LogP contribution < -0.4 is 10.9 Å². The highest BCUT2D eigenvalue weighted by Gasteiger charge is 2.09. The van der Waals surface area contributed by atoms with Crippen molar-refractivity contribution in [1.29, 1.82) is 0 Å². The predicted octanol–water partition coefficient (Wildman–Crippen LogP) is 0.0579. The van der Waals surface area contributed by atoms with Crippen LogP contribution in [-0.2, 0) is 9.53 Å². The van der Waals surface area contributed by atoms with Crippen LogP contribution in [0.2, 0.25) is 0 Å². The van der Waals surface area contributed by atoms with E-state index in [2.05, 4.69) is 10.3 Å². The van der Waals surface area contributed by atoms with E-state index in [-0.39, 0.29) is 24.5 Å². The van der Waals surface area contributed by atoms with Crippen molar-refractivity contribution in [3.05, 3.63) is 34.2 Å². The second-order valence-corrected chi connectivity index (χ2v) is 3.22. The van der Waals surface area contributed by atoms with Crippen molar-refractivity contribution in [3.8, 4) is 0 Å². The number of esters is 1. The van der Waals surface area contributed by atoms with Crippen LogP contribution >= 0.6 is 0 Å². The minimum atomic E-state index is -0.504. The average molecular weight is 238 g/mol. The van der Waals surface area contributed by atoms with Crippen LogP contribution in [-0.4, -0.2) is 30.0 Å². The first-order valence-electron chi connectivity index (χ1n) is 5.26. The summed E-state index contributed by atoms with van der Waals surface area (Å²) >= 11 is 0. The molecule has 0 spiro atoms. The number of pyridine rings is 1. The molecule has 1 amide bonds. The van der Waals surface area contributed by atoms with E-state index in [1.165, 1.54) is 12.3 Å². The van der Waals surface area contributed by atoms with E-state index in [1.54, 1.807) is 13.0 Å². The lowest BCUT2D eigenvalue weighted by Crippen LogP contribution is -2.31. The van der Waals surface area contributed by atoms with Gasteiger partial charge < -0.3 is 15.0 Å². The third-order valence-electron chi connectivity index (χ3n) is 1.98. The molecule has 0 fully saturated rings. The molecule has 92 valence electrons. The molecule has 17 heavy (non-hydrogen) atoms. The van der Waals surface area contributed by atoms with Gasteiger partial charge in [0.05, 0.1) is 13.0 Å². The first-order chi connectivity index (χ1) is 8.15. The third-order valence-corrected chi connectivity index (χ3v) is 1.98. The standard InChI is InChI=1S/C11H14N2O4/c1-2-17-9(14)5-7-13-11(16)8-4-3-6-12-10(8)15/h3-4,6H,2,5,7H2,1H3,(H,12,15)(H,13,16). The zero-order valence-corrected chi connectivity index (χ0v) is 9.49. The van der Waals surface area contributed by atoms with Crippen molar-refractivity contribution < 1.29 is 14.3 Å². The highest BCUT2D eigenvalue weighted by atomic mass is 16.5. The maximum absolute atomic E-state index is 11.5. The van der Waals surface area contributed by atoms with Crippen LogP contribution in [0.15, 0.2) is 23.1 Å². The summed E-state index contributed by atoms with van der Waals surface area (Å²) in [5.41, 5.74) is -0.433. The van der Waals surface area contributed by atoms with Crippen molar-refractivity contribution in [2.75, 3.05) is 13.2 Å². The number of H-pyrrole nitrogens is 1. The Balaban J connectivity index is 2.43. The Morgan fingerprint density at radius 3 is 2.88 bits per heavy atom. The van der Waals surface area contributed by atoms with E-state index < -0.39 is 11.5 Å². The van der Waals surface area contributed by atoms with Gasteiger partial charge in [-0.15, -0.1) is 0 Å². The highest BCUT2D eigenvalue weighted by molar-refractivity contribution is 5.93. The number of hydrogen-bond donors (Lipinski definition) is 2. The fraction of sp³-hybridized carbons (Fsp3) is 0.364. The zero-order chi connectivity index (χ0) is 12.7. The van der Waals surface area contributed by atoms with Gasteiger partial charge in [0.2, 0.25) is 0 Å². The van der Waals surface area contributed by atoms with Crippen LogP contribution in [0.4, 0.5) is 0 Å². The molecule has 1 rings (SSSR count). The Labute approximate surface area is 98.0 Å². The minimum Gasteiger partial charge on any atom is -0.466 e. The number of hydrogen-bond acceptors (Lipinski definition) is 4. The molecule has 0 aliphatic rings. The maximum atomic E-state index is 11.5. The Bertz CT molecular complexity index is 453. The molecule has 0 aromatic carbocycles. The molecule has 0 atom stereocenters. The second kappa shape index (κ2) is 6.47. The molecule has 0 aliphatic carbocycles. The van der Waals surface area contributed by atoms with Crippen molar-refractivity contribution in [1.82, 2.24) is 10.3 Å². The molecule has 0 saturated carbocycles. The van der Waals surface area contributed by atoms with E-state index in [1.807, 2.05) is 0 Å². The molecule has 0 saturated heterocycles. The second-order valence-electron chi connectivity index (χ2n) is 3.22. The van der Waals surface area contributed by atoms with E-state index in [9.17, 15) is 14.4 Å². The molecule has 6 heteroatoms. The van der Waals surface area contributed by atoms with Crippen molar-refractivity contribution in [2.24, 2.45) is 0 Å². The van der Waals surface area contributed by atoms with Crippen molar-refractivity contribution >= 4 is 11.9 Å². The first kappa shape index (κ1) is 13.0. The highest BCUT2D eigenvalue weighted by Crippen LogP contribution is 1.90. The van der Waals surface area contributed by atoms with Gasteiger partial charge in [0.1, 0.15) is 5.56 Å². The fourth-order valence-electron chi connectivity index (χ4n) is 1.21. The number of carbonyl (C=O) groups excluding carboxylic acids is 2. The Morgan fingerprint density at radius 1 is 1.47 bits per heavy atom. The van der Waals surface area contributed by atoms with Gasteiger partial charge in [-0.05, 0) is 19.1 Å². The van der Waals surface area contributed by atoms with E-state index in [0.717, 1.165) is 0 Å². The number of rotatable bonds is 5. The average Bonchev–Trinajstić information content (AvgIpc) is 2.29. The number of aromatic nitrogens is 1. The van der Waals surface area contributed by atoms with Crippen LogP contribution in [0, 0.1) is 0 Å². The van der Waals surface area contributed by atoms with Gasteiger partial charge in [-0.25, -0.2) is 0 Å². The van der Waals surface area contributed by atoms with E-state index in [4.69, 9.17) is 4.74 Å². The van der Waals surface area contributed by atoms with Crippen molar-refractivity contribution in [3.63, 3.8) is 0 Å². The molecule has 0 radical (unpaired) electrons. The Kier molecular flexibility index (Phi) is 4.93.